The van der Waals surface area contributed by atoms with Gasteiger partial charge >= 0.3 is 5.97 Å². The van der Waals surface area contributed by atoms with E-state index in [-0.39, 0.29) is 25.4 Å². The van der Waals surface area contributed by atoms with Crippen LogP contribution in [0, 0.1) is 0 Å². The van der Waals surface area contributed by atoms with E-state index in [0.29, 0.717) is 11.5 Å². The van der Waals surface area contributed by atoms with Crippen molar-refractivity contribution < 1.29 is 27.8 Å². The van der Waals surface area contributed by atoms with Crippen LogP contribution in [0.15, 0.2) is 48.5 Å². The van der Waals surface area contributed by atoms with Gasteiger partial charge in [-0.1, -0.05) is 24.3 Å². The number of sulfonamides is 1. The van der Waals surface area contributed by atoms with Crippen LogP contribution in [0.4, 0.5) is 0 Å². The van der Waals surface area contributed by atoms with Crippen molar-refractivity contribution in [3.05, 3.63) is 59.7 Å². The van der Waals surface area contributed by atoms with E-state index in [1.807, 2.05) is 24.3 Å². The lowest BCUT2D eigenvalue weighted by molar-refractivity contribution is -0.138. The molecule has 9 heteroatoms. The van der Waals surface area contributed by atoms with E-state index in [0.717, 1.165) is 11.1 Å². The van der Waals surface area contributed by atoms with Crippen molar-refractivity contribution in [1.82, 2.24) is 9.62 Å². The van der Waals surface area contributed by atoms with Gasteiger partial charge in [0, 0.05) is 19.6 Å². The van der Waals surface area contributed by atoms with E-state index in [4.69, 9.17) is 14.6 Å². The summed E-state index contributed by atoms with van der Waals surface area (Å²) in [5.74, 6) is 0.141. The normalized spacial score (nSPS) is 12.5. The predicted molar refractivity (Wildman–Crippen MR) is 114 cm³/mol. The number of nitrogens with zero attached hydrogens (tertiary/aromatic N) is 1. The molecular formula is C21H28N2O6S. The monoisotopic (exact) mass is 436 g/mol. The van der Waals surface area contributed by atoms with Crippen LogP contribution >= 0.6 is 0 Å². The Bertz CT molecular complexity index is 864. The Labute approximate surface area is 177 Å². The number of carboxylic acids is 1. The second kappa shape index (κ2) is 11.0. The Kier molecular flexibility index (Phi) is 8.64. The summed E-state index contributed by atoms with van der Waals surface area (Å²) in [5, 5.41) is 11.7. The first-order valence-corrected chi connectivity index (χ1v) is 11.1. The summed E-state index contributed by atoms with van der Waals surface area (Å²) in [7, 11) is -0.516. The van der Waals surface area contributed by atoms with Crippen molar-refractivity contribution in [2.75, 3.05) is 26.5 Å². The van der Waals surface area contributed by atoms with Crippen LogP contribution in [0.2, 0.25) is 0 Å². The van der Waals surface area contributed by atoms with Crippen molar-refractivity contribution in [2.45, 2.75) is 26.1 Å². The van der Waals surface area contributed by atoms with Crippen LogP contribution in [-0.4, -0.2) is 56.4 Å². The number of methoxy groups -OCH3 is 2. The molecule has 0 aliphatic heterocycles. The second-order valence-corrected chi connectivity index (χ2v) is 8.88. The predicted octanol–water partition coefficient (Wildman–Crippen LogP) is 2.10. The first-order valence-electron chi connectivity index (χ1n) is 9.45. The number of carbonyl (C=O) groups is 1. The minimum absolute atomic E-state index is 0.0392. The number of benzene rings is 2. The molecule has 2 rings (SSSR count). The number of hydrogen-bond acceptors (Lipinski definition) is 6. The summed E-state index contributed by atoms with van der Waals surface area (Å²) < 4.78 is 37.8. The fraction of sp³-hybridized carbons (Fsp3) is 0.381. The topological polar surface area (TPSA) is 105 Å². The maximum Gasteiger partial charge on any atom is 0.320 e. The summed E-state index contributed by atoms with van der Waals surface area (Å²) >= 11 is 0. The molecule has 30 heavy (non-hydrogen) atoms. The zero-order valence-electron chi connectivity index (χ0n) is 17.4. The molecule has 1 unspecified atom stereocenters. The van der Waals surface area contributed by atoms with Crippen LogP contribution in [0.25, 0.3) is 0 Å². The highest BCUT2D eigenvalue weighted by atomic mass is 32.2. The molecule has 0 aliphatic carbocycles. The van der Waals surface area contributed by atoms with Crippen molar-refractivity contribution >= 4 is 16.0 Å². The van der Waals surface area contributed by atoms with E-state index >= 15 is 0 Å². The van der Waals surface area contributed by atoms with Crippen molar-refractivity contribution in [2.24, 2.45) is 0 Å². The number of ether oxygens (including phenoxy) is 2. The molecule has 0 bridgehead atoms. The van der Waals surface area contributed by atoms with Gasteiger partial charge in [0.1, 0.15) is 17.5 Å². The number of aliphatic carboxylic acids is 1. The summed E-state index contributed by atoms with van der Waals surface area (Å²) in [6.45, 7) is 1.89. The third-order valence-electron chi connectivity index (χ3n) is 4.61. The molecule has 164 valence electrons. The molecule has 8 nitrogen and oxygen atoms in total. The molecule has 0 radical (unpaired) electrons. The quantitative estimate of drug-likeness (QED) is 0.525. The molecule has 2 aromatic rings. The smallest absolute Gasteiger partial charge is 0.320 e. The number of nitrogens with one attached hydrogen (secondary N) is 1. The molecule has 2 aromatic carbocycles. The average Bonchev–Trinajstić information content (AvgIpc) is 2.74. The molecule has 0 aromatic heterocycles. The van der Waals surface area contributed by atoms with Gasteiger partial charge in [0.05, 0.1) is 20.0 Å². The van der Waals surface area contributed by atoms with Gasteiger partial charge in [-0.3, -0.25) is 4.79 Å². The van der Waals surface area contributed by atoms with Crippen LogP contribution in [0.1, 0.15) is 18.1 Å². The zero-order valence-corrected chi connectivity index (χ0v) is 18.2. The zero-order chi connectivity index (χ0) is 22.1. The van der Waals surface area contributed by atoms with Crippen LogP contribution in [0.3, 0.4) is 0 Å². The molecule has 2 N–H and O–H groups in total. The Morgan fingerprint density at radius 3 is 1.77 bits per heavy atom. The first-order chi connectivity index (χ1) is 14.2. The molecular weight excluding hydrogens is 408 g/mol. The van der Waals surface area contributed by atoms with Crippen LogP contribution < -0.4 is 14.8 Å². The van der Waals surface area contributed by atoms with E-state index in [1.54, 1.807) is 38.5 Å². The number of carboxylic acid groups (broad SMARTS) is 1. The standard InChI is InChI=1S/C21H28N2O6S/c1-16(21(24)25)22-12-13-30(26,27)23(14-17-4-8-19(28-2)9-5-17)15-18-6-10-20(29-3)11-7-18/h4-11,16,22H,12-15H2,1-3H3,(H,24,25). The number of hydrogen-bond donors (Lipinski definition) is 2. The van der Waals surface area contributed by atoms with Gasteiger partial charge in [0.25, 0.3) is 0 Å². The third-order valence-corrected chi connectivity index (χ3v) is 6.38. The lowest BCUT2D eigenvalue weighted by Crippen LogP contribution is -2.40. The molecule has 0 heterocycles. The lowest BCUT2D eigenvalue weighted by Gasteiger charge is -2.23. The molecule has 0 saturated heterocycles. The van der Waals surface area contributed by atoms with Crippen molar-refractivity contribution in [3.63, 3.8) is 0 Å². The maximum absolute atomic E-state index is 13.0. The van der Waals surface area contributed by atoms with Crippen molar-refractivity contribution in [1.29, 1.82) is 0 Å². The van der Waals surface area contributed by atoms with E-state index < -0.39 is 22.0 Å². The summed E-state index contributed by atoms with van der Waals surface area (Å²) in [6, 6.07) is 13.6. The fourth-order valence-corrected chi connectivity index (χ4v) is 4.07. The highest BCUT2D eigenvalue weighted by molar-refractivity contribution is 7.89. The largest absolute Gasteiger partial charge is 0.497 e. The first kappa shape index (κ1) is 23.7. The van der Waals surface area contributed by atoms with Gasteiger partial charge in [-0.15, -0.1) is 0 Å². The van der Waals surface area contributed by atoms with E-state index in [9.17, 15) is 13.2 Å². The SMILES string of the molecule is COc1ccc(CN(Cc2ccc(OC)cc2)S(=O)(=O)CCNC(C)C(=O)O)cc1. The molecule has 0 fully saturated rings. The molecule has 0 aliphatic rings. The average molecular weight is 437 g/mol. The minimum Gasteiger partial charge on any atom is -0.497 e. The third kappa shape index (κ3) is 7.01. The van der Waals surface area contributed by atoms with Gasteiger partial charge in [-0.25, -0.2) is 8.42 Å². The van der Waals surface area contributed by atoms with Crippen LogP contribution in [-0.2, 0) is 27.9 Å². The Morgan fingerprint density at radius 1 is 0.967 bits per heavy atom. The van der Waals surface area contributed by atoms with Gasteiger partial charge in [-0.2, -0.15) is 4.31 Å². The summed E-state index contributed by atoms with van der Waals surface area (Å²) in [5.41, 5.74) is 1.64. The summed E-state index contributed by atoms with van der Waals surface area (Å²) in [4.78, 5) is 10.9. The Balaban J connectivity index is 2.18. The second-order valence-electron chi connectivity index (χ2n) is 6.79. The van der Waals surface area contributed by atoms with Gasteiger partial charge in [-0.05, 0) is 42.3 Å². The molecule has 0 spiro atoms. The fourth-order valence-electron chi connectivity index (χ4n) is 2.74. The molecule has 0 saturated carbocycles. The van der Waals surface area contributed by atoms with Gasteiger partial charge < -0.3 is 19.9 Å². The maximum atomic E-state index is 13.0. The lowest BCUT2D eigenvalue weighted by atomic mass is 10.2. The van der Waals surface area contributed by atoms with Crippen molar-refractivity contribution in [3.8, 4) is 11.5 Å². The van der Waals surface area contributed by atoms with E-state index in [2.05, 4.69) is 5.32 Å². The minimum atomic E-state index is -3.66. The van der Waals surface area contributed by atoms with E-state index in [1.165, 1.54) is 11.2 Å². The van der Waals surface area contributed by atoms with Gasteiger partial charge in [0.2, 0.25) is 10.0 Å². The van der Waals surface area contributed by atoms with Crippen LogP contribution in [0.5, 0.6) is 11.5 Å². The summed E-state index contributed by atoms with van der Waals surface area (Å²) in [6.07, 6.45) is 0. The Morgan fingerprint density at radius 2 is 1.40 bits per heavy atom. The highest BCUT2D eigenvalue weighted by Crippen LogP contribution is 2.19. The van der Waals surface area contributed by atoms with Gasteiger partial charge in [0.15, 0.2) is 0 Å². The molecule has 1 atom stereocenters. The Hall–Kier alpha value is -2.62. The highest BCUT2D eigenvalue weighted by Gasteiger charge is 2.23. The molecule has 0 amide bonds. The number of rotatable bonds is 12.